The Hall–Kier alpha value is -3.45. The molecule has 1 aliphatic carbocycles. The molecule has 0 saturated carbocycles. The van der Waals surface area contributed by atoms with Crippen molar-refractivity contribution in [2.24, 2.45) is 0 Å². The molecule has 3 aromatic rings. The van der Waals surface area contributed by atoms with Crippen LogP contribution in [0.2, 0.25) is 5.02 Å². The summed E-state index contributed by atoms with van der Waals surface area (Å²) in [6.45, 7) is 8.48. The van der Waals surface area contributed by atoms with E-state index in [1.54, 1.807) is 6.07 Å². The molecule has 0 bridgehead atoms. The first-order valence-electron chi connectivity index (χ1n) is 12.6. The third kappa shape index (κ3) is 6.25. The molecule has 0 spiro atoms. The van der Waals surface area contributed by atoms with E-state index in [0.29, 0.717) is 17.4 Å². The number of benzene rings is 2. The van der Waals surface area contributed by atoms with Crippen molar-refractivity contribution in [1.82, 2.24) is 4.98 Å². The van der Waals surface area contributed by atoms with Gasteiger partial charge in [0.05, 0.1) is 27.4 Å². The van der Waals surface area contributed by atoms with Crippen molar-refractivity contribution >= 4 is 30.5 Å². The molecule has 39 heavy (non-hydrogen) atoms. The molecule has 0 N–H and O–H groups in total. The van der Waals surface area contributed by atoms with Crippen LogP contribution in [0.1, 0.15) is 66.7 Å². The Bertz CT molecular complexity index is 1390. The van der Waals surface area contributed by atoms with E-state index in [4.69, 9.17) is 30.9 Å². The van der Waals surface area contributed by atoms with Crippen molar-refractivity contribution < 1.29 is 28.3 Å². The van der Waals surface area contributed by atoms with Gasteiger partial charge in [-0.1, -0.05) is 29.8 Å². The largest absolute Gasteiger partial charge is 0.495 e. The second-order valence-corrected chi connectivity index (χ2v) is 10.8. The molecule has 0 unspecified atom stereocenters. The fraction of sp³-hybridized carbons (Fsp3) is 0.345. The van der Waals surface area contributed by atoms with Gasteiger partial charge < -0.3 is 14.0 Å². The van der Waals surface area contributed by atoms with Crippen LogP contribution in [0.4, 0.5) is 4.53 Å². The molecular weight excluding hydrogens is 522 g/mol. The van der Waals surface area contributed by atoms with Gasteiger partial charge in [-0.3, -0.25) is 14.7 Å². The SMILES string of the molecule is CC1(C)OB(c2cccc3c2CCC3)OC1(C)C.N#Cc1cncc(COc2cc(OF)c(Cl)cc2C=O)c1. The number of aldehydes is 1. The molecule has 7 nitrogen and oxygen atoms in total. The molecule has 5 rings (SSSR count). The highest BCUT2D eigenvalue weighted by Gasteiger charge is 2.52. The average Bonchev–Trinajstić information content (AvgIpc) is 3.49. The van der Waals surface area contributed by atoms with Gasteiger partial charge in [-0.05, 0) is 75.7 Å². The molecule has 0 amide bonds. The van der Waals surface area contributed by atoms with Crippen molar-refractivity contribution in [3.05, 3.63) is 81.6 Å². The fourth-order valence-electron chi connectivity index (χ4n) is 4.46. The number of carbonyl (C=O) groups is 1. The van der Waals surface area contributed by atoms with Crippen molar-refractivity contribution in [3.8, 4) is 17.6 Å². The smallest absolute Gasteiger partial charge is 0.488 e. The predicted octanol–water partition coefficient (Wildman–Crippen LogP) is 5.74. The highest BCUT2D eigenvalue weighted by Crippen LogP contribution is 2.37. The summed E-state index contributed by atoms with van der Waals surface area (Å²) in [5, 5.41) is 8.74. The van der Waals surface area contributed by atoms with Gasteiger partial charge in [-0.25, -0.2) is 0 Å². The van der Waals surface area contributed by atoms with Gasteiger partial charge in [0.15, 0.2) is 12.0 Å². The van der Waals surface area contributed by atoms with Crippen LogP contribution >= 0.6 is 11.6 Å². The number of rotatable bonds is 6. The van der Waals surface area contributed by atoms with Crippen LogP contribution in [0.25, 0.3) is 0 Å². The van der Waals surface area contributed by atoms with Crippen molar-refractivity contribution in [2.75, 3.05) is 0 Å². The molecule has 1 aromatic heterocycles. The van der Waals surface area contributed by atoms with Gasteiger partial charge in [0.25, 0.3) is 0 Å². The Morgan fingerprint density at radius 1 is 1.13 bits per heavy atom. The maximum absolute atomic E-state index is 12.3. The Morgan fingerprint density at radius 3 is 2.54 bits per heavy atom. The fourth-order valence-corrected chi connectivity index (χ4v) is 4.66. The summed E-state index contributed by atoms with van der Waals surface area (Å²) in [5.41, 5.74) is 4.84. The summed E-state index contributed by atoms with van der Waals surface area (Å²) >= 11 is 5.71. The van der Waals surface area contributed by atoms with Crippen LogP contribution < -0.4 is 15.1 Å². The number of halogens is 2. The minimum atomic E-state index is -0.251. The van der Waals surface area contributed by atoms with E-state index in [2.05, 4.69) is 55.8 Å². The number of aryl methyl sites for hydroxylation is 1. The number of fused-ring (bicyclic) bond motifs is 1. The zero-order valence-electron chi connectivity index (χ0n) is 22.3. The molecule has 0 atom stereocenters. The summed E-state index contributed by atoms with van der Waals surface area (Å²) in [6, 6.07) is 12.5. The van der Waals surface area contributed by atoms with Crippen LogP contribution in [0.15, 0.2) is 48.8 Å². The van der Waals surface area contributed by atoms with E-state index in [0.717, 1.165) is 6.42 Å². The number of nitriles is 1. The van der Waals surface area contributed by atoms with Crippen molar-refractivity contribution in [1.29, 1.82) is 5.26 Å². The summed E-state index contributed by atoms with van der Waals surface area (Å²) < 4.78 is 30.0. The van der Waals surface area contributed by atoms with Crippen LogP contribution in [-0.4, -0.2) is 29.6 Å². The number of pyridine rings is 1. The highest BCUT2D eigenvalue weighted by atomic mass is 35.5. The zero-order chi connectivity index (χ0) is 28.2. The summed E-state index contributed by atoms with van der Waals surface area (Å²) in [7, 11) is -0.206. The molecule has 10 heteroatoms. The van der Waals surface area contributed by atoms with E-state index in [1.165, 1.54) is 54.0 Å². The van der Waals surface area contributed by atoms with E-state index in [1.807, 2.05) is 6.07 Å². The van der Waals surface area contributed by atoms with Crippen LogP contribution in [0.3, 0.4) is 0 Å². The molecule has 0 radical (unpaired) electrons. The lowest BCUT2D eigenvalue weighted by molar-refractivity contribution is -0.00637. The van der Waals surface area contributed by atoms with Gasteiger partial charge in [-0.2, -0.15) is 5.26 Å². The van der Waals surface area contributed by atoms with Gasteiger partial charge >= 0.3 is 7.12 Å². The first-order chi connectivity index (χ1) is 18.6. The van der Waals surface area contributed by atoms with Crippen molar-refractivity contribution in [2.45, 2.75) is 64.8 Å². The Kier molecular flexibility index (Phi) is 8.60. The molecule has 2 aromatic carbocycles. The van der Waals surface area contributed by atoms with Gasteiger partial charge in [-0.15, -0.1) is 0 Å². The number of hydrogen-bond donors (Lipinski definition) is 0. The zero-order valence-corrected chi connectivity index (χ0v) is 23.0. The molecule has 202 valence electrons. The first-order valence-corrected chi connectivity index (χ1v) is 13.0. The summed E-state index contributed by atoms with van der Waals surface area (Å²) in [6.07, 6.45) is 7.08. The van der Waals surface area contributed by atoms with E-state index < -0.39 is 0 Å². The summed E-state index contributed by atoms with van der Waals surface area (Å²) in [4.78, 5) is 18.4. The number of ether oxygens (including phenoxy) is 1. The van der Waals surface area contributed by atoms with Crippen LogP contribution in [-0.2, 0) is 28.8 Å². The Balaban J connectivity index is 0.000000183. The second kappa shape index (κ2) is 11.7. The first kappa shape index (κ1) is 28.6. The van der Waals surface area contributed by atoms with E-state index >= 15 is 0 Å². The topological polar surface area (TPSA) is 90.7 Å². The lowest BCUT2D eigenvalue weighted by atomic mass is 9.75. The Labute approximate surface area is 232 Å². The highest BCUT2D eigenvalue weighted by molar-refractivity contribution is 6.62. The molecular formula is C29H29BClFN2O5. The van der Waals surface area contributed by atoms with E-state index in [-0.39, 0.29) is 47.0 Å². The standard InChI is InChI=1S/C15H21BO2.C14H8ClFN2O3/c1-14(2)15(3,4)18-16(17-14)13-10-6-8-11-7-5-9-12(11)13;15-12-2-11(7-19)13(3-14(12)21-16)20-8-10-1-9(4-17)5-18-6-10/h6,8,10H,5,7,9H2,1-4H3;1-3,5-7H,8H2. The van der Waals surface area contributed by atoms with Crippen LogP contribution in [0, 0.1) is 11.3 Å². The molecule has 1 saturated heterocycles. The van der Waals surface area contributed by atoms with Crippen molar-refractivity contribution in [3.63, 3.8) is 0 Å². The Morgan fingerprint density at radius 2 is 1.87 bits per heavy atom. The number of aromatic nitrogens is 1. The lowest BCUT2D eigenvalue weighted by Gasteiger charge is -2.32. The minimum absolute atomic E-state index is 0.0416. The van der Waals surface area contributed by atoms with E-state index in [9.17, 15) is 9.32 Å². The summed E-state index contributed by atoms with van der Waals surface area (Å²) in [5.74, 6) is -0.134. The number of carbonyl (C=O) groups excluding carboxylic acids is 1. The maximum Gasteiger partial charge on any atom is 0.495 e. The molecule has 1 aliphatic heterocycles. The lowest BCUT2D eigenvalue weighted by Crippen LogP contribution is -2.41. The van der Waals surface area contributed by atoms with Gasteiger partial charge in [0.2, 0.25) is 0 Å². The minimum Gasteiger partial charge on any atom is -0.488 e. The number of hydrogen-bond acceptors (Lipinski definition) is 7. The quantitative estimate of drug-likeness (QED) is 0.286. The van der Waals surface area contributed by atoms with Crippen LogP contribution in [0.5, 0.6) is 11.5 Å². The third-order valence-corrected chi connectivity index (χ3v) is 7.58. The van der Waals surface area contributed by atoms with Gasteiger partial charge in [0.1, 0.15) is 18.4 Å². The molecule has 2 aliphatic rings. The monoisotopic (exact) mass is 550 g/mol. The average molecular weight is 551 g/mol. The number of nitrogens with zero attached hydrogens (tertiary/aromatic N) is 2. The molecule has 1 fully saturated rings. The predicted molar refractivity (Wildman–Crippen MR) is 146 cm³/mol. The maximum atomic E-state index is 12.3. The van der Waals surface area contributed by atoms with Gasteiger partial charge in [0, 0.05) is 28.5 Å². The molecule has 2 heterocycles. The normalized spacial score (nSPS) is 16.5. The second-order valence-electron chi connectivity index (χ2n) is 10.4. The third-order valence-electron chi connectivity index (χ3n) is 7.28.